The molecule has 156 valence electrons. The highest BCUT2D eigenvalue weighted by Gasteiger charge is 2.21. The summed E-state index contributed by atoms with van der Waals surface area (Å²) in [6.07, 6.45) is 4.49. The van der Waals surface area contributed by atoms with E-state index in [9.17, 15) is 19.5 Å². The quantitative estimate of drug-likeness (QED) is 0.678. The second-order valence-electron chi connectivity index (χ2n) is 7.49. The number of benzene rings is 1. The molecular weight excluding hydrogens is 374 g/mol. The van der Waals surface area contributed by atoms with Crippen LogP contribution in [0.15, 0.2) is 27.4 Å². The molecule has 1 aliphatic rings. The van der Waals surface area contributed by atoms with E-state index in [4.69, 9.17) is 9.15 Å². The van der Waals surface area contributed by atoms with E-state index >= 15 is 0 Å². The van der Waals surface area contributed by atoms with E-state index in [0.29, 0.717) is 24.2 Å². The second kappa shape index (κ2) is 9.11. The van der Waals surface area contributed by atoms with Crippen molar-refractivity contribution in [2.24, 2.45) is 0 Å². The number of fused-ring (bicyclic) bond motifs is 3. The number of carbonyl (C=O) groups is 2. The summed E-state index contributed by atoms with van der Waals surface area (Å²) < 4.78 is 11.1. The van der Waals surface area contributed by atoms with Crippen LogP contribution in [-0.4, -0.2) is 24.0 Å². The van der Waals surface area contributed by atoms with Gasteiger partial charge < -0.3 is 24.4 Å². The lowest BCUT2D eigenvalue weighted by Crippen LogP contribution is -2.51. The molecule has 7 heteroatoms. The van der Waals surface area contributed by atoms with E-state index in [1.54, 1.807) is 12.1 Å². The Morgan fingerprint density at radius 3 is 2.66 bits per heavy atom. The zero-order valence-corrected chi connectivity index (χ0v) is 16.8. The molecule has 1 amide bonds. The molecule has 7 nitrogen and oxygen atoms in total. The van der Waals surface area contributed by atoms with Gasteiger partial charge in [0.25, 0.3) is 5.91 Å². The van der Waals surface area contributed by atoms with Crippen molar-refractivity contribution < 1.29 is 23.8 Å². The molecule has 0 saturated heterocycles. The van der Waals surface area contributed by atoms with Gasteiger partial charge in [0.05, 0.1) is 12.0 Å². The minimum absolute atomic E-state index is 0.309. The van der Waals surface area contributed by atoms with Gasteiger partial charge in [-0.15, -0.1) is 0 Å². The van der Waals surface area contributed by atoms with Gasteiger partial charge in [0.2, 0.25) is 0 Å². The third kappa shape index (κ3) is 4.78. The van der Waals surface area contributed by atoms with Gasteiger partial charge in [-0.3, -0.25) is 4.79 Å². The predicted molar refractivity (Wildman–Crippen MR) is 106 cm³/mol. The first-order chi connectivity index (χ1) is 13.9. The fourth-order valence-electron chi connectivity index (χ4n) is 3.70. The lowest BCUT2D eigenvalue weighted by molar-refractivity contribution is -0.308. The summed E-state index contributed by atoms with van der Waals surface area (Å²) in [4.78, 5) is 35.8. The van der Waals surface area contributed by atoms with Crippen LogP contribution in [0, 0.1) is 0 Å². The normalized spacial score (nSPS) is 15.4. The van der Waals surface area contributed by atoms with Crippen molar-refractivity contribution in [3.05, 3.63) is 39.7 Å². The molecule has 1 aromatic carbocycles. The Morgan fingerprint density at radius 1 is 1.24 bits per heavy atom. The maximum atomic E-state index is 12.3. The monoisotopic (exact) mass is 400 g/mol. The van der Waals surface area contributed by atoms with Crippen LogP contribution in [0.3, 0.4) is 0 Å². The molecule has 0 radical (unpaired) electrons. The third-order valence-corrected chi connectivity index (χ3v) is 5.32. The molecule has 1 aromatic heterocycles. The number of aliphatic carboxylic acids is 1. The number of aryl methyl sites for hydroxylation is 1. The smallest absolute Gasteiger partial charge is 0.339 e. The number of carboxylic acid groups (broad SMARTS) is 1. The van der Waals surface area contributed by atoms with Gasteiger partial charge in [-0.25, -0.2) is 4.79 Å². The van der Waals surface area contributed by atoms with Crippen LogP contribution in [0.25, 0.3) is 11.0 Å². The first kappa shape index (κ1) is 20.9. The molecule has 0 aliphatic heterocycles. The Bertz CT molecular complexity index is 964. The van der Waals surface area contributed by atoms with Crippen molar-refractivity contribution in [3.8, 4) is 5.75 Å². The molecule has 2 atom stereocenters. The molecule has 1 aliphatic carbocycles. The molecule has 3 rings (SSSR count). The van der Waals surface area contributed by atoms with Gasteiger partial charge in [-0.2, -0.15) is 0 Å². The van der Waals surface area contributed by atoms with Gasteiger partial charge in [0.1, 0.15) is 11.3 Å². The molecule has 0 spiro atoms. The number of amides is 1. The Balaban J connectivity index is 1.74. The average Bonchev–Trinajstić information content (AvgIpc) is 2.70. The fourth-order valence-corrected chi connectivity index (χ4v) is 3.70. The summed E-state index contributed by atoms with van der Waals surface area (Å²) in [7, 11) is 0. The number of hydrogen-bond acceptors (Lipinski definition) is 6. The molecule has 2 aromatic rings. The van der Waals surface area contributed by atoms with Crippen molar-refractivity contribution in [1.82, 2.24) is 5.32 Å². The van der Waals surface area contributed by atoms with Crippen molar-refractivity contribution in [3.63, 3.8) is 0 Å². The highest BCUT2D eigenvalue weighted by molar-refractivity contribution is 5.86. The summed E-state index contributed by atoms with van der Waals surface area (Å²) in [6, 6.07) is 4.12. The molecule has 0 unspecified atom stereocenters. The van der Waals surface area contributed by atoms with E-state index in [0.717, 1.165) is 48.6 Å². The van der Waals surface area contributed by atoms with E-state index in [-0.39, 0.29) is 5.63 Å². The summed E-state index contributed by atoms with van der Waals surface area (Å²) in [5.74, 6) is -1.48. The standard InChI is InChI=1S/C22H27NO6/c1-3-4-9-18(21(25)26)23-20(24)13(2)28-14-10-11-16-15-7-5-6-8-17(15)22(27)29-19(16)12-14/h10-13,18H,3-9H2,1-2H3,(H,23,24)(H,25,26)/p-1/t13-,18-/m1/s1. The van der Waals surface area contributed by atoms with Crippen LogP contribution in [-0.2, 0) is 22.4 Å². The molecule has 1 heterocycles. The molecule has 29 heavy (non-hydrogen) atoms. The Hall–Kier alpha value is -2.83. The van der Waals surface area contributed by atoms with Crippen LogP contribution in [0.5, 0.6) is 5.75 Å². The Labute approximate surface area is 169 Å². The summed E-state index contributed by atoms with van der Waals surface area (Å²) in [6.45, 7) is 3.48. The summed E-state index contributed by atoms with van der Waals surface area (Å²) >= 11 is 0. The fraction of sp³-hybridized carbons (Fsp3) is 0.500. The predicted octanol–water partition coefficient (Wildman–Crippen LogP) is 1.86. The van der Waals surface area contributed by atoms with Gasteiger partial charge in [-0.05, 0) is 56.7 Å². The van der Waals surface area contributed by atoms with Crippen molar-refractivity contribution in [2.45, 2.75) is 70.9 Å². The number of hydrogen-bond donors (Lipinski definition) is 1. The maximum Gasteiger partial charge on any atom is 0.339 e. The molecular formula is C22H26NO6-. The van der Waals surface area contributed by atoms with Crippen molar-refractivity contribution in [1.29, 1.82) is 0 Å². The first-order valence-electron chi connectivity index (χ1n) is 10.2. The van der Waals surface area contributed by atoms with E-state index in [1.807, 2.05) is 13.0 Å². The number of unbranched alkanes of at least 4 members (excludes halogenated alkanes) is 1. The Kier molecular flexibility index (Phi) is 6.56. The van der Waals surface area contributed by atoms with Crippen LogP contribution < -0.4 is 20.8 Å². The lowest BCUT2D eigenvalue weighted by atomic mass is 9.91. The second-order valence-corrected chi connectivity index (χ2v) is 7.49. The van der Waals surface area contributed by atoms with Crippen LogP contribution in [0.2, 0.25) is 0 Å². The first-order valence-corrected chi connectivity index (χ1v) is 10.2. The minimum Gasteiger partial charge on any atom is -0.548 e. The number of carbonyl (C=O) groups excluding carboxylic acids is 2. The van der Waals surface area contributed by atoms with Crippen LogP contribution >= 0.6 is 0 Å². The van der Waals surface area contributed by atoms with Crippen molar-refractivity contribution >= 4 is 22.8 Å². The largest absolute Gasteiger partial charge is 0.548 e. The molecule has 0 saturated carbocycles. The number of ether oxygens (including phenoxy) is 1. The van der Waals surface area contributed by atoms with E-state index in [2.05, 4.69) is 5.32 Å². The van der Waals surface area contributed by atoms with Gasteiger partial charge in [-0.1, -0.05) is 19.8 Å². The van der Waals surface area contributed by atoms with E-state index < -0.39 is 24.0 Å². The lowest BCUT2D eigenvalue weighted by Gasteiger charge is -2.22. The highest BCUT2D eigenvalue weighted by atomic mass is 16.5. The maximum absolute atomic E-state index is 12.3. The molecule has 0 fully saturated rings. The molecule has 0 bridgehead atoms. The zero-order valence-electron chi connectivity index (χ0n) is 16.8. The Morgan fingerprint density at radius 2 is 1.97 bits per heavy atom. The average molecular weight is 400 g/mol. The zero-order chi connectivity index (χ0) is 21.0. The van der Waals surface area contributed by atoms with E-state index in [1.165, 1.54) is 6.92 Å². The van der Waals surface area contributed by atoms with Crippen molar-refractivity contribution in [2.75, 3.05) is 0 Å². The summed E-state index contributed by atoms with van der Waals surface area (Å²) in [5.41, 5.74) is 1.90. The SMILES string of the molecule is CCCC[C@@H](NC(=O)[C@@H](C)Oc1ccc2c3c(c(=O)oc2c1)CCCC3)C(=O)[O-]. The van der Waals surface area contributed by atoms with Gasteiger partial charge in [0.15, 0.2) is 6.10 Å². The van der Waals surface area contributed by atoms with Crippen LogP contribution in [0.4, 0.5) is 0 Å². The topological polar surface area (TPSA) is 109 Å². The minimum atomic E-state index is -1.31. The number of carboxylic acids is 1. The highest BCUT2D eigenvalue weighted by Crippen LogP contribution is 2.29. The van der Waals surface area contributed by atoms with Gasteiger partial charge in [0, 0.05) is 17.0 Å². The number of rotatable bonds is 8. The number of nitrogens with one attached hydrogen (secondary N) is 1. The van der Waals surface area contributed by atoms with Gasteiger partial charge >= 0.3 is 5.63 Å². The third-order valence-electron chi connectivity index (χ3n) is 5.32. The summed E-state index contributed by atoms with van der Waals surface area (Å²) in [5, 5.41) is 14.6. The van der Waals surface area contributed by atoms with Crippen LogP contribution in [0.1, 0.15) is 57.1 Å². The molecule has 1 N–H and O–H groups in total.